The Bertz CT molecular complexity index is 620. The van der Waals surface area contributed by atoms with Crippen LogP contribution in [-0.2, 0) is 7.05 Å². The molecule has 0 aliphatic rings. The zero-order valence-electron chi connectivity index (χ0n) is 11.3. The third-order valence-electron chi connectivity index (χ3n) is 2.75. The summed E-state index contributed by atoms with van der Waals surface area (Å²) >= 11 is 5.92. The molecule has 0 unspecified atom stereocenters. The Balaban J connectivity index is 2.24. The average Bonchev–Trinajstić information content (AvgIpc) is 2.78. The molecule has 2 aromatic rings. The lowest BCUT2D eigenvalue weighted by Crippen LogP contribution is -2.16. The number of rotatable bonds is 4. The highest BCUT2D eigenvalue weighted by Gasteiger charge is 2.16. The molecule has 1 heterocycles. The van der Waals surface area contributed by atoms with Gasteiger partial charge in [-0.3, -0.25) is 9.48 Å². The normalized spacial score (nSPS) is 10.2. The van der Waals surface area contributed by atoms with Crippen molar-refractivity contribution < 1.29 is 14.3 Å². The molecule has 0 radical (unpaired) electrons. The minimum atomic E-state index is -0.345. The highest BCUT2D eigenvalue weighted by molar-refractivity contribution is 6.34. The van der Waals surface area contributed by atoms with Crippen molar-refractivity contribution in [1.82, 2.24) is 9.78 Å². The SMILES string of the molecule is COc1ccc(NC(=O)c2c(Cl)cnn2C)cc1OC. The monoisotopic (exact) mass is 295 g/mol. The molecule has 0 atom stereocenters. The van der Waals surface area contributed by atoms with Crippen LogP contribution in [0, 0.1) is 0 Å². The number of anilines is 1. The predicted molar refractivity (Wildman–Crippen MR) is 75.7 cm³/mol. The summed E-state index contributed by atoms with van der Waals surface area (Å²) in [4.78, 5) is 12.1. The van der Waals surface area contributed by atoms with Gasteiger partial charge < -0.3 is 14.8 Å². The molecule has 0 aliphatic heterocycles. The Labute approximate surface area is 121 Å². The molecule has 0 fully saturated rings. The van der Waals surface area contributed by atoms with Crippen LogP contribution in [0.15, 0.2) is 24.4 Å². The van der Waals surface area contributed by atoms with Gasteiger partial charge in [0.1, 0.15) is 5.69 Å². The van der Waals surface area contributed by atoms with Crippen LogP contribution in [0.3, 0.4) is 0 Å². The third-order valence-corrected chi connectivity index (χ3v) is 3.03. The molecule has 1 aromatic heterocycles. The number of halogens is 1. The van der Waals surface area contributed by atoms with Crippen molar-refractivity contribution in [2.24, 2.45) is 7.05 Å². The lowest BCUT2D eigenvalue weighted by molar-refractivity contribution is 0.101. The minimum Gasteiger partial charge on any atom is -0.493 e. The fraction of sp³-hybridized carbons (Fsp3) is 0.231. The number of nitrogens with one attached hydrogen (secondary N) is 1. The van der Waals surface area contributed by atoms with E-state index in [0.717, 1.165) is 0 Å². The van der Waals surface area contributed by atoms with Crippen LogP contribution < -0.4 is 14.8 Å². The molecule has 1 N–H and O–H groups in total. The molecule has 106 valence electrons. The first-order valence-corrected chi connectivity index (χ1v) is 6.15. The Hall–Kier alpha value is -2.21. The smallest absolute Gasteiger partial charge is 0.275 e. The van der Waals surface area contributed by atoms with E-state index in [4.69, 9.17) is 21.1 Å². The third kappa shape index (κ3) is 2.70. The van der Waals surface area contributed by atoms with Crippen LogP contribution in [0.2, 0.25) is 5.02 Å². The topological polar surface area (TPSA) is 65.4 Å². The number of hydrogen-bond donors (Lipinski definition) is 1. The summed E-state index contributed by atoms with van der Waals surface area (Å²) in [5, 5.41) is 6.95. The van der Waals surface area contributed by atoms with Crippen LogP contribution in [0.25, 0.3) is 0 Å². The number of ether oxygens (including phenoxy) is 2. The van der Waals surface area contributed by atoms with Crippen molar-refractivity contribution in [3.8, 4) is 11.5 Å². The Morgan fingerprint density at radius 3 is 2.55 bits per heavy atom. The van der Waals surface area contributed by atoms with Gasteiger partial charge in [0.15, 0.2) is 11.5 Å². The van der Waals surface area contributed by atoms with Crippen molar-refractivity contribution in [2.45, 2.75) is 0 Å². The van der Waals surface area contributed by atoms with E-state index in [1.807, 2.05) is 0 Å². The molecule has 0 saturated carbocycles. The van der Waals surface area contributed by atoms with Gasteiger partial charge in [-0.15, -0.1) is 0 Å². The van der Waals surface area contributed by atoms with Crippen LogP contribution in [0.5, 0.6) is 11.5 Å². The lowest BCUT2D eigenvalue weighted by atomic mass is 10.2. The maximum Gasteiger partial charge on any atom is 0.275 e. The van der Waals surface area contributed by atoms with Gasteiger partial charge in [-0.1, -0.05) is 11.6 Å². The van der Waals surface area contributed by atoms with E-state index in [9.17, 15) is 4.79 Å². The molecule has 0 aliphatic carbocycles. The summed E-state index contributed by atoms with van der Waals surface area (Å²) < 4.78 is 11.7. The van der Waals surface area contributed by atoms with Crippen LogP contribution >= 0.6 is 11.6 Å². The van der Waals surface area contributed by atoms with Crippen LogP contribution in [0.4, 0.5) is 5.69 Å². The number of aryl methyl sites for hydroxylation is 1. The number of methoxy groups -OCH3 is 2. The summed E-state index contributed by atoms with van der Waals surface area (Å²) in [5.41, 5.74) is 0.867. The molecule has 1 aromatic carbocycles. The maximum atomic E-state index is 12.1. The minimum absolute atomic E-state index is 0.293. The molecule has 1 amide bonds. The van der Waals surface area contributed by atoms with Crippen molar-refractivity contribution in [3.63, 3.8) is 0 Å². The molecule has 20 heavy (non-hydrogen) atoms. The highest BCUT2D eigenvalue weighted by atomic mass is 35.5. The van der Waals surface area contributed by atoms with Gasteiger partial charge in [0.05, 0.1) is 25.4 Å². The predicted octanol–water partition coefficient (Wildman–Crippen LogP) is 2.34. The molecule has 2 rings (SSSR count). The summed E-state index contributed by atoms with van der Waals surface area (Å²) in [5.74, 6) is 0.771. The molecular formula is C13H14ClN3O3. The molecular weight excluding hydrogens is 282 g/mol. The summed E-state index contributed by atoms with van der Waals surface area (Å²) in [7, 11) is 4.72. The van der Waals surface area contributed by atoms with Crippen molar-refractivity contribution in [1.29, 1.82) is 0 Å². The highest BCUT2D eigenvalue weighted by Crippen LogP contribution is 2.30. The fourth-order valence-corrected chi connectivity index (χ4v) is 2.02. The number of carbonyl (C=O) groups is 1. The Morgan fingerprint density at radius 2 is 2.00 bits per heavy atom. The summed E-state index contributed by atoms with van der Waals surface area (Å²) in [6, 6.07) is 5.09. The van der Waals surface area contributed by atoms with Gasteiger partial charge in [0.25, 0.3) is 5.91 Å². The van der Waals surface area contributed by atoms with Crippen molar-refractivity contribution in [2.75, 3.05) is 19.5 Å². The van der Waals surface area contributed by atoms with Gasteiger partial charge in [-0.25, -0.2) is 0 Å². The molecule has 0 saturated heterocycles. The molecule has 6 nitrogen and oxygen atoms in total. The Kier molecular flexibility index (Phi) is 4.14. The zero-order valence-corrected chi connectivity index (χ0v) is 12.1. The number of hydrogen-bond acceptors (Lipinski definition) is 4. The van der Waals surface area contributed by atoms with Crippen molar-refractivity contribution in [3.05, 3.63) is 35.1 Å². The largest absolute Gasteiger partial charge is 0.493 e. The molecule has 0 spiro atoms. The quantitative estimate of drug-likeness (QED) is 0.940. The number of carbonyl (C=O) groups excluding carboxylic acids is 1. The molecule has 7 heteroatoms. The van der Waals surface area contributed by atoms with E-state index in [1.165, 1.54) is 18.0 Å². The van der Waals surface area contributed by atoms with Gasteiger partial charge in [-0.05, 0) is 12.1 Å². The second kappa shape index (κ2) is 5.83. The zero-order chi connectivity index (χ0) is 14.7. The standard InChI is InChI=1S/C13H14ClN3O3/c1-17-12(9(14)7-15-17)13(18)16-8-4-5-10(19-2)11(6-8)20-3/h4-7H,1-3H3,(H,16,18). The first kappa shape index (κ1) is 14.2. The summed E-state index contributed by atoms with van der Waals surface area (Å²) in [6.45, 7) is 0. The van der Waals surface area contributed by atoms with Gasteiger partial charge in [0, 0.05) is 18.8 Å². The number of benzene rings is 1. The molecule has 0 bridgehead atoms. The number of aromatic nitrogens is 2. The van der Waals surface area contributed by atoms with E-state index < -0.39 is 0 Å². The van der Waals surface area contributed by atoms with E-state index in [0.29, 0.717) is 27.9 Å². The van der Waals surface area contributed by atoms with Crippen LogP contribution in [-0.4, -0.2) is 29.9 Å². The first-order chi connectivity index (χ1) is 9.56. The maximum absolute atomic E-state index is 12.1. The average molecular weight is 296 g/mol. The van der Waals surface area contributed by atoms with E-state index >= 15 is 0 Å². The lowest BCUT2D eigenvalue weighted by Gasteiger charge is -2.10. The van der Waals surface area contributed by atoms with E-state index in [-0.39, 0.29) is 5.91 Å². The second-order valence-corrected chi connectivity index (χ2v) is 4.40. The number of nitrogens with zero attached hydrogens (tertiary/aromatic N) is 2. The fourth-order valence-electron chi connectivity index (χ4n) is 1.77. The second-order valence-electron chi connectivity index (χ2n) is 3.99. The van der Waals surface area contributed by atoms with Gasteiger partial charge in [-0.2, -0.15) is 5.10 Å². The first-order valence-electron chi connectivity index (χ1n) is 5.77. The van der Waals surface area contributed by atoms with E-state index in [1.54, 1.807) is 32.4 Å². The van der Waals surface area contributed by atoms with E-state index in [2.05, 4.69) is 10.4 Å². The Morgan fingerprint density at radius 1 is 1.30 bits per heavy atom. The van der Waals surface area contributed by atoms with Gasteiger partial charge >= 0.3 is 0 Å². The van der Waals surface area contributed by atoms with Crippen LogP contribution in [0.1, 0.15) is 10.5 Å². The summed E-state index contributed by atoms with van der Waals surface area (Å²) in [6.07, 6.45) is 1.42. The van der Waals surface area contributed by atoms with Gasteiger partial charge in [0.2, 0.25) is 0 Å². The van der Waals surface area contributed by atoms with Crippen molar-refractivity contribution >= 4 is 23.2 Å². The number of amides is 1.